The molecule has 0 aromatic heterocycles. The fourth-order valence-electron chi connectivity index (χ4n) is 2.25. The highest BCUT2D eigenvalue weighted by Gasteiger charge is 2.13. The lowest BCUT2D eigenvalue weighted by molar-refractivity contribution is -0.109. The van der Waals surface area contributed by atoms with Gasteiger partial charge in [-0.25, -0.2) is 0 Å². The van der Waals surface area contributed by atoms with Crippen LogP contribution in [0.1, 0.15) is 32.3 Å². The van der Waals surface area contributed by atoms with E-state index in [0.29, 0.717) is 18.1 Å². The molecule has 3 nitrogen and oxygen atoms in total. The highest BCUT2D eigenvalue weighted by molar-refractivity contribution is 8.13. The lowest BCUT2D eigenvalue weighted by atomic mass is 10.0. The minimum absolute atomic E-state index is 0.147. The first-order chi connectivity index (χ1) is 11.6. The van der Waals surface area contributed by atoms with Gasteiger partial charge >= 0.3 is 0 Å². The third-order valence-electron chi connectivity index (χ3n) is 3.84. The summed E-state index contributed by atoms with van der Waals surface area (Å²) in [6, 6.07) is 9.53. The number of amides is 1. The molecule has 0 heterocycles. The molecule has 0 aliphatic heterocycles. The molecule has 1 aromatic rings. The monoisotopic (exact) mass is 345 g/mol. The van der Waals surface area contributed by atoms with Gasteiger partial charge in [0.1, 0.15) is 6.29 Å². The molecule has 0 fully saturated rings. The van der Waals surface area contributed by atoms with Gasteiger partial charge in [-0.2, -0.15) is 0 Å². The molecular formula is C20H27NO2S. The first-order valence-electron chi connectivity index (χ1n) is 8.28. The van der Waals surface area contributed by atoms with Crippen LogP contribution in [0.25, 0.3) is 0 Å². The van der Waals surface area contributed by atoms with Gasteiger partial charge < -0.3 is 10.1 Å². The zero-order valence-corrected chi connectivity index (χ0v) is 15.4. The highest BCUT2D eigenvalue weighted by atomic mass is 32.2. The fourth-order valence-corrected chi connectivity index (χ4v) is 3.09. The average molecular weight is 346 g/mol. The van der Waals surface area contributed by atoms with E-state index in [1.54, 1.807) is 0 Å². The molecule has 0 radical (unpaired) electrons. The van der Waals surface area contributed by atoms with Crippen molar-refractivity contribution in [2.24, 2.45) is 5.92 Å². The van der Waals surface area contributed by atoms with E-state index in [9.17, 15) is 9.59 Å². The predicted molar refractivity (Wildman–Crippen MR) is 103 cm³/mol. The maximum Gasteiger partial charge on any atom is 0.279 e. The summed E-state index contributed by atoms with van der Waals surface area (Å²) in [6.45, 7) is 7.88. The molecule has 1 unspecified atom stereocenters. The van der Waals surface area contributed by atoms with Gasteiger partial charge in [0.05, 0.1) is 6.04 Å². The summed E-state index contributed by atoms with van der Waals surface area (Å²) < 4.78 is 0. The van der Waals surface area contributed by atoms with Crippen LogP contribution in [0.3, 0.4) is 0 Å². The molecule has 0 aliphatic carbocycles. The number of nitrogens with one attached hydrogen (secondary N) is 1. The van der Waals surface area contributed by atoms with E-state index < -0.39 is 6.04 Å². The maximum absolute atomic E-state index is 12.0. The zero-order valence-electron chi connectivity index (χ0n) is 14.5. The van der Waals surface area contributed by atoms with Gasteiger partial charge in [-0.15, -0.1) is 6.58 Å². The van der Waals surface area contributed by atoms with Crippen molar-refractivity contribution >= 4 is 23.3 Å². The van der Waals surface area contributed by atoms with Crippen molar-refractivity contribution in [2.75, 3.05) is 5.75 Å². The SMILES string of the molecule is C=CC(C)C/C(=C\C)CSC(=O)N[C@H](C=O)CCc1ccccc1. The molecule has 0 bridgehead atoms. The number of hydrogen-bond donors (Lipinski definition) is 1. The topological polar surface area (TPSA) is 46.2 Å². The lowest BCUT2D eigenvalue weighted by Gasteiger charge is -2.14. The predicted octanol–water partition coefficient (Wildman–Crippen LogP) is 4.79. The number of allylic oxidation sites excluding steroid dienone is 2. The summed E-state index contributed by atoms with van der Waals surface area (Å²) in [6.07, 6.45) is 7.08. The highest BCUT2D eigenvalue weighted by Crippen LogP contribution is 2.18. The second-order valence-electron chi connectivity index (χ2n) is 5.85. The Hall–Kier alpha value is -1.81. The molecule has 0 saturated heterocycles. The number of aldehydes is 1. The molecule has 0 aliphatic rings. The van der Waals surface area contributed by atoms with Gasteiger partial charge in [0, 0.05) is 5.75 Å². The fraction of sp³-hybridized carbons (Fsp3) is 0.400. The number of carbonyl (C=O) groups excluding carboxylic acids is 2. The van der Waals surface area contributed by atoms with E-state index in [-0.39, 0.29) is 5.24 Å². The standard InChI is InChI=1S/C20H27NO2S/c1-4-16(3)13-17(5-2)15-24-20(23)21-19(14-22)12-11-18-9-7-6-8-10-18/h4-10,14,16,19H,1,11-13,15H2,2-3H3,(H,21,23)/b17-5+/t16?,19-/m0/s1. The second-order valence-corrected chi connectivity index (χ2v) is 6.80. The van der Waals surface area contributed by atoms with E-state index in [1.807, 2.05) is 49.4 Å². The summed E-state index contributed by atoms with van der Waals surface area (Å²) in [5.41, 5.74) is 2.38. The minimum Gasteiger partial charge on any atom is -0.337 e. The van der Waals surface area contributed by atoms with Crippen LogP contribution in [0, 0.1) is 5.92 Å². The van der Waals surface area contributed by atoms with Crippen LogP contribution in [0.2, 0.25) is 0 Å². The van der Waals surface area contributed by atoms with Gasteiger partial charge in [0.15, 0.2) is 0 Å². The number of benzene rings is 1. The molecule has 1 rings (SSSR count). The molecule has 0 saturated carbocycles. The summed E-state index contributed by atoms with van der Waals surface area (Å²) in [7, 11) is 0. The Morgan fingerprint density at radius 1 is 1.33 bits per heavy atom. The molecule has 0 spiro atoms. The van der Waals surface area contributed by atoms with Crippen molar-refractivity contribution in [3.63, 3.8) is 0 Å². The summed E-state index contributed by atoms with van der Waals surface area (Å²) in [4.78, 5) is 23.2. The van der Waals surface area contributed by atoms with Crippen LogP contribution in [0.4, 0.5) is 4.79 Å². The smallest absolute Gasteiger partial charge is 0.279 e. The van der Waals surface area contributed by atoms with E-state index in [4.69, 9.17) is 0 Å². The molecule has 1 aromatic carbocycles. The molecule has 1 N–H and O–H groups in total. The van der Waals surface area contributed by atoms with E-state index >= 15 is 0 Å². The van der Waals surface area contributed by atoms with Gasteiger partial charge in [-0.05, 0) is 37.7 Å². The van der Waals surface area contributed by atoms with Crippen molar-refractivity contribution in [3.8, 4) is 0 Å². The number of rotatable bonds is 10. The average Bonchev–Trinajstić information content (AvgIpc) is 2.62. The number of thioether (sulfide) groups is 1. The number of hydrogen-bond acceptors (Lipinski definition) is 3. The molecule has 130 valence electrons. The van der Waals surface area contributed by atoms with Crippen molar-refractivity contribution in [1.82, 2.24) is 5.32 Å². The van der Waals surface area contributed by atoms with Crippen molar-refractivity contribution in [3.05, 3.63) is 60.2 Å². The zero-order chi connectivity index (χ0) is 17.8. The quantitative estimate of drug-likeness (QED) is 0.490. The molecule has 1 amide bonds. The van der Waals surface area contributed by atoms with Gasteiger partial charge in [-0.3, -0.25) is 4.79 Å². The Morgan fingerprint density at radius 2 is 2.04 bits per heavy atom. The van der Waals surface area contributed by atoms with E-state index in [2.05, 4.69) is 18.8 Å². The molecular weight excluding hydrogens is 318 g/mol. The van der Waals surface area contributed by atoms with E-state index in [1.165, 1.54) is 22.9 Å². The van der Waals surface area contributed by atoms with Crippen LogP contribution in [0.15, 0.2) is 54.6 Å². The van der Waals surface area contributed by atoms with Crippen molar-refractivity contribution in [2.45, 2.75) is 39.2 Å². The van der Waals surface area contributed by atoms with Crippen molar-refractivity contribution in [1.29, 1.82) is 0 Å². The van der Waals surface area contributed by atoms with Crippen LogP contribution in [-0.4, -0.2) is 23.3 Å². The van der Waals surface area contributed by atoms with Gasteiger partial charge in [0.2, 0.25) is 0 Å². The summed E-state index contributed by atoms with van der Waals surface area (Å²) in [5.74, 6) is 1.04. The summed E-state index contributed by atoms with van der Waals surface area (Å²) in [5, 5.41) is 2.64. The van der Waals surface area contributed by atoms with Crippen LogP contribution < -0.4 is 5.32 Å². The summed E-state index contributed by atoms with van der Waals surface area (Å²) >= 11 is 1.22. The number of aryl methyl sites for hydroxylation is 1. The third kappa shape index (κ3) is 8.16. The molecule has 4 heteroatoms. The lowest BCUT2D eigenvalue weighted by Crippen LogP contribution is -2.34. The first-order valence-corrected chi connectivity index (χ1v) is 9.26. The Balaban J connectivity index is 2.38. The first kappa shape index (κ1) is 20.2. The Morgan fingerprint density at radius 3 is 2.62 bits per heavy atom. The minimum atomic E-state index is -0.439. The Bertz CT molecular complexity index is 554. The van der Waals surface area contributed by atoms with Gasteiger partial charge in [0.25, 0.3) is 5.24 Å². The van der Waals surface area contributed by atoms with Crippen LogP contribution in [0.5, 0.6) is 0 Å². The number of carbonyl (C=O) groups is 2. The Labute approximate surface area is 149 Å². The van der Waals surface area contributed by atoms with Crippen LogP contribution in [-0.2, 0) is 11.2 Å². The molecule has 2 atom stereocenters. The Kier molecular flexibility index (Phi) is 9.85. The van der Waals surface area contributed by atoms with Gasteiger partial charge in [-0.1, -0.05) is 66.7 Å². The normalized spacial score (nSPS) is 13.8. The maximum atomic E-state index is 12.0. The van der Waals surface area contributed by atoms with Crippen LogP contribution >= 0.6 is 11.8 Å². The second kappa shape index (κ2) is 11.7. The molecule has 24 heavy (non-hydrogen) atoms. The third-order valence-corrected chi connectivity index (χ3v) is 4.73. The van der Waals surface area contributed by atoms with E-state index in [0.717, 1.165) is 19.1 Å². The largest absolute Gasteiger partial charge is 0.337 e. The van der Waals surface area contributed by atoms with Crippen molar-refractivity contribution < 1.29 is 9.59 Å².